The highest BCUT2D eigenvalue weighted by molar-refractivity contribution is 7.92. The van der Waals surface area contributed by atoms with Crippen molar-refractivity contribution in [1.29, 1.82) is 0 Å². The van der Waals surface area contributed by atoms with E-state index in [-0.39, 0.29) is 21.6 Å². The Labute approximate surface area is 196 Å². The molecule has 0 radical (unpaired) electrons. The molecule has 10 heteroatoms. The molecule has 2 aromatic heterocycles. The number of sulfonamides is 1. The molecule has 2 heterocycles. The van der Waals surface area contributed by atoms with Crippen molar-refractivity contribution in [3.05, 3.63) is 77.1 Å². The molecule has 2 N–H and O–H groups in total. The predicted molar refractivity (Wildman–Crippen MR) is 129 cm³/mol. The van der Waals surface area contributed by atoms with Crippen LogP contribution in [0.25, 0.3) is 11.0 Å². The molecule has 0 saturated carbocycles. The van der Waals surface area contributed by atoms with E-state index in [1.54, 1.807) is 60.3 Å². The second kappa shape index (κ2) is 8.84. The number of anilines is 2. The third-order valence-electron chi connectivity index (χ3n) is 5.01. The Morgan fingerprint density at radius 2 is 1.85 bits per heavy atom. The van der Waals surface area contributed by atoms with Gasteiger partial charge in [-0.15, -0.1) is 0 Å². The third kappa shape index (κ3) is 4.69. The Morgan fingerprint density at radius 1 is 1.09 bits per heavy atom. The maximum absolute atomic E-state index is 13.0. The molecule has 0 bridgehead atoms. The molecule has 8 nitrogen and oxygen atoms in total. The molecule has 4 rings (SSSR count). The summed E-state index contributed by atoms with van der Waals surface area (Å²) < 4.78 is 29.9. The Balaban J connectivity index is 1.59. The van der Waals surface area contributed by atoms with E-state index in [0.717, 1.165) is 5.39 Å². The first-order valence-electron chi connectivity index (χ1n) is 10.2. The van der Waals surface area contributed by atoms with Crippen LogP contribution in [0.3, 0.4) is 0 Å². The number of pyridine rings is 1. The first-order chi connectivity index (χ1) is 15.7. The van der Waals surface area contributed by atoms with Crippen molar-refractivity contribution in [3.63, 3.8) is 0 Å². The lowest BCUT2D eigenvalue weighted by Gasteiger charge is -2.12. The summed E-state index contributed by atoms with van der Waals surface area (Å²) in [7, 11) is -3.91. The number of hydrogen-bond acceptors (Lipinski definition) is 5. The Kier molecular flexibility index (Phi) is 6.09. The van der Waals surface area contributed by atoms with Gasteiger partial charge in [0.2, 0.25) is 0 Å². The summed E-state index contributed by atoms with van der Waals surface area (Å²) in [5.74, 6) is -0.396. The zero-order valence-corrected chi connectivity index (χ0v) is 19.8. The van der Waals surface area contributed by atoms with Gasteiger partial charge >= 0.3 is 0 Å². The van der Waals surface area contributed by atoms with E-state index in [1.165, 1.54) is 12.1 Å². The van der Waals surface area contributed by atoms with Crippen LogP contribution >= 0.6 is 11.6 Å². The van der Waals surface area contributed by atoms with Crippen molar-refractivity contribution in [3.8, 4) is 0 Å². The molecule has 1 amide bonds. The predicted octanol–water partition coefficient (Wildman–Crippen LogP) is 5.03. The number of carbonyl (C=O) groups excluding carboxylic acids is 1. The van der Waals surface area contributed by atoms with Gasteiger partial charge in [0.1, 0.15) is 0 Å². The van der Waals surface area contributed by atoms with E-state index < -0.39 is 15.9 Å². The molecule has 0 aliphatic heterocycles. The largest absolute Gasteiger partial charge is 0.322 e. The molecule has 0 fully saturated rings. The number of hydrogen-bond donors (Lipinski definition) is 2. The highest BCUT2D eigenvalue weighted by Crippen LogP contribution is 2.25. The molecular weight excluding hydrogens is 462 g/mol. The van der Waals surface area contributed by atoms with Crippen LogP contribution in [0.4, 0.5) is 11.4 Å². The zero-order chi connectivity index (χ0) is 23.8. The van der Waals surface area contributed by atoms with Crippen LogP contribution in [-0.4, -0.2) is 29.1 Å². The summed E-state index contributed by atoms with van der Waals surface area (Å²) in [5, 5.41) is 8.13. The average Bonchev–Trinajstić information content (AvgIpc) is 3.18. The Hall–Kier alpha value is -3.43. The maximum Gasteiger partial charge on any atom is 0.262 e. The number of nitrogens with zero attached hydrogens (tertiary/aromatic N) is 3. The fourth-order valence-electron chi connectivity index (χ4n) is 3.36. The van der Waals surface area contributed by atoms with Gasteiger partial charge in [-0.1, -0.05) is 29.8 Å². The molecule has 0 saturated heterocycles. The molecule has 0 unspecified atom stereocenters. The van der Waals surface area contributed by atoms with Crippen molar-refractivity contribution in [2.45, 2.75) is 31.7 Å². The average molecular weight is 484 g/mol. The number of aryl methyl sites for hydroxylation is 1. The van der Waals surface area contributed by atoms with Gasteiger partial charge in [-0.25, -0.2) is 18.1 Å². The van der Waals surface area contributed by atoms with Gasteiger partial charge in [-0.3, -0.25) is 9.52 Å². The van der Waals surface area contributed by atoms with Crippen LogP contribution in [0.15, 0.2) is 65.7 Å². The van der Waals surface area contributed by atoms with Crippen LogP contribution in [0.2, 0.25) is 5.02 Å². The minimum absolute atomic E-state index is 0.0104. The van der Waals surface area contributed by atoms with Crippen LogP contribution < -0.4 is 10.0 Å². The van der Waals surface area contributed by atoms with E-state index in [0.29, 0.717) is 22.6 Å². The van der Waals surface area contributed by atoms with Crippen molar-refractivity contribution < 1.29 is 13.2 Å². The van der Waals surface area contributed by atoms with E-state index in [4.69, 9.17) is 11.6 Å². The van der Waals surface area contributed by atoms with Crippen molar-refractivity contribution in [1.82, 2.24) is 14.8 Å². The summed E-state index contributed by atoms with van der Waals surface area (Å²) in [5.41, 5.74) is 2.24. The maximum atomic E-state index is 13.0. The summed E-state index contributed by atoms with van der Waals surface area (Å²) in [4.78, 5) is 17.5. The minimum Gasteiger partial charge on any atom is -0.322 e. The van der Waals surface area contributed by atoms with E-state index in [1.807, 2.05) is 13.8 Å². The van der Waals surface area contributed by atoms with E-state index >= 15 is 0 Å². The van der Waals surface area contributed by atoms with Crippen molar-refractivity contribution in [2.24, 2.45) is 0 Å². The number of aromatic nitrogens is 3. The molecular formula is C23H22ClN5O3S. The minimum atomic E-state index is -3.91. The van der Waals surface area contributed by atoms with Crippen LogP contribution in [-0.2, 0) is 10.0 Å². The number of rotatable bonds is 6. The van der Waals surface area contributed by atoms with Crippen LogP contribution in [0, 0.1) is 6.92 Å². The van der Waals surface area contributed by atoms with Gasteiger partial charge in [0.05, 0.1) is 33.1 Å². The molecule has 4 aromatic rings. The SMILES string of the molecule is Cc1nc2c(cnn2C(C)C)cc1C(=O)Nc1cccc(S(=O)(=O)Nc2ccccc2Cl)c1. The molecule has 0 aliphatic rings. The van der Waals surface area contributed by atoms with Gasteiger partial charge in [0.15, 0.2) is 5.65 Å². The molecule has 0 spiro atoms. The molecule has 2 aromatic carbocycles. The fourth-order valence-corrected chi connectivity index (χ4v) is 4.72. The molecule has 0 atom stereocenters. The fraction of sp³-hybridized carbons (Fsp3) is 0.174. The Morgan fingerprint density at radius 3 is 2.58 bits per heavy atom. The molecule has 0 aliphatic carbocycles. The van der Waals surface area contributed by atoms with Crippen LogP contribution in [0.1, 0.15) is 35.9 Å². The Bertz CT molecular complexity index is 1460. The van der Waals surface area contributed by atoms with Gasteiger partial charge < -0.3 is 5.32 Å². The number of nitrogens with one attached hydrogen (secondary N) is 2. The lowest BCUT2D eigenvalue weighted by molar-refractivity contribution is 0.102. The topological polar surface area (TPSA) is 106 Å². The number of fused-ring (bicyclic) bond motifs is 1. The number of para-hydroxylation sites is 1. The highest BCUT2D eigenvalue weighted by Gasteiger charge is 2.18. The summed E-state index contributed by atoms with van der Waals surface area (Å²) in [6, 6.07) is 14.4. The second-order valence-electron chi connectivity index (χ2n) is 7.78. The lowest BCUT2D eigenvalue weighted by atomic mass is 10.1. The number of carbonyl (C=O) groups is 1. The number of halogens is 1. The van der Waals surface area contributed by atoms with Crippen molar-refractivity contribution in [2.75, 3.05) is 10.0 Å². The standard InChI is InChI=1S/C23H22ClN5O3S/c1-14(2)29-22-16(13-25-29)11-19(15(3)26-22)23(30)27-17-7-6-8-18(12-17)33(31,32)28-21-10-5-4-9-20(21)24/h4-14,28H,1-3H3,(H,27,30). The highest BCUT2D eigenvalue weighted by atomic mass is 35.5. The lowest BCUT2D eigenvalue weighted by Crippen LogP contribution is -2.16. The summed E-state index contributed by atoms with van der Waals surface area (Å²) >= 11 is 6.06. The van der Waals surface area contributed by atoms with Gasteiger partial charge in [0, 0.05) is 17.1 Å². The normalized spacial score (nSPS) is 11.7. The van der Waals surface area contributed by atoms with E-state index in [9.17, 15) is 13.2 Å². The smallest absolute Gasteiger partial charge is 0.262 e. The van der Waals surface area contributed by atoms with Crippen LogP contribution in [0.5, 0.6) is 0 Å². The number of amides is 1. The number of benzene rings is 2. The first-order valence-corrected chi connectivity index (χ1v) is 12.1. The van der Waals surface area contributed by atoms with Gasteiger partial charge in [0.25, 0.3) is 15.9 Å². The van der Waals surface area contributed by atoms with Gasteiger partial charge in [-0.05, 0) is 57.2 Å². The monoisotopic (exact) mass is 483 g/mol. The van der Waals surface area contributed by atoms with Gasteiger partial charge in [-0.2, -0.15) is 5.10 Å². The third-order valence-corrected chi connectivity index (χ3v) is 6.71. The zero-order valence-electron chi connectivity index (χ0n) is 18.2. The first kappa shape index (κ1) is 22.8. The summed E-state index contributed by atoms with van der Waals surface area (Å²) in [6.45, 7) is 5.76. The van der Waals surface area contributed by atoms with Crippen molar-refractivity contribution >= 4 is 49.9 Å². The molecule has 33 heavy (non-hydrogen) atoms. The quantitative estimate of drug-likeness (QED) is 0.400. The molecule has 170 valence electrons. The summed E-state index contributed by atoms with van der Waals surface area (Å²) in [6.07, 6.45) is 1.67. The van der Waals surface area contributed by atoms with E-state index in [2.05, 4.69) is 20.1 Å². The second-order valence-corrected chi connectivity index (χ2v) is 9.87.